The van der Waals surface area contributed by atoms with Crippen LogP contribution in [0.25, 0.3) is 0 Å². The third-order valence-electron chi connectivity index (χ3n) is 4.93. The molecule has 1 saturated carbocycles. The Morgan fingerprint density at radius 3 is 2.61 bits per heavy atom. The van der Waals surface area contributed by atoms with Gasteiger partial charge in [-0.05, 0) is 44.9 Å². The van der Waals surface area contributed by atoms with Gasteiger partial charge in [-0.15, -0.1) is 0 Å². The minimum absolute atomic E-state index is 0.0794. The number of rotatable bonds is 3. The Morgan fingerprint density at radius 1 is 1.22 bits per heavy atom. The second-order valence-corrected chi connectivity index (χ2v) is 6.41. The van der Waals surface area contributed by atoms with Crippen molar-refractivity contribution < 1.29 is 4.79 Å². The highest BCUT2D eigenvalue weighted by atomic mass is 16.2. The molecule has 3 nitrogen and oxygen atoms in total. The third-order valence-corrected chi connectivity index (χ3v) is 4.93. The molecule has 3 heteroatoms. The van der Waals surface area contributed by atoms with Gasteiger partial charge in [0, 0.05) is 19.5 Å². The topological polar surface area (TPSA) is 46.3 Å². The van der Waals surface area contributed by atoms with Crippen LogP contribution >= 0.6 is 0 Å². The molecule has 1 heterocycles. The summed E-state index contributed by atoms with van der Waals surface area (Å²) in [7, 11) is 0. The maximum atomic E-state index is 12.5. The van der Waals surface area contributed by atoms with E-state index in [0.29, 0.717) is 18.4 Å². The van der Waals surface area contributed by atoms with Crippen molar-refractivity contribution in [2.75, 3.05) is 13.1 Å². The fourth-order valence-corrected chi connectivity index (χ4v) is 3.57. The molecule has 1 aliphatic heterocycles. The number of piperidine rings is 1. The first-order valence-corrected chi connectivity index (χ1v) is 7.66. The van der Waals surface area contributed by atoms with Crippen molar-refractivity contribution in [3.05, 3.63) is 0 Å². The van der Waals surface area contributed by atoms with Crippen LogP contribution < -0.4 is 5.73 Å². The smallest absolute Gasteiger partial charge is 0.223 e. The number of carbonyl (C=O) groups is 1. The minimum Gasteiger partial charge on any atom is -0.336 e. The van der Waals surface area contributed by atoms with Gasteiger partial charge >= 0.3 is 0 Å². The molecule has 2 aliphatic rings. The van der Waals surface area contributed by atoms with Gasteiger partial charge in [0.15, 0.2) is 0 Å². The summed E-state index contributed by atoms with van der Waals surface area (Å²) in [4.78, 5) is 14.6. The number of amides is 1. The second-order valence-electron chi connectivity index (χ2n) is 6.41. The minimum atomic E-state index is -0.0794. The Labute approximate surface area is 111 Å². The summed E-state index contributed by atoms with van der Waals surface area (Å²) in [5.74, 6) is 0.991. The van der Waals surface area contributed by atoms with Crippen molar-refractivity contribution in [1.82, 2.24) is 4.90 Å². The first kappa shape index (κ1) is 13.9. The molecule has 1 atom stereocenters. The fourth-order valence-electron chi connectivity index (χ4n) is 3.57. The highest BCUT2D eigenvalue weighted by Crippen LogP contribution is 2.31. The Hall–Kier alpha value is -0.570. The standard InChI is InChI=1S/C15H28N2O/c1-15(12-16)9-5-6-10-17(15)14(18)11-13-7-3-2-4-8-13/h13H,2-12,16H2,1H3. The summed E-state index contributed by atoms with van der Waals surface area (Å²) in [5.41, 5.74) is 5.83. The number of hydrogen-bond acceptors (Lipinski definition) is 2. The molecule has 1 unspecified atom stereocenters. The van der Waals surface area contributed by atoms with Gasteiger partial charge < -0.3 is 10.6 Å². The molecule has 0 aromatic carbocycles. The van der Waals surface area contributed by atoms with Crippen molar-refractivity contribution in [3.63, 3.8) is 0 Å². The highest BCUT2D eigenvalue weighted by molar-refractivity contribution is 5.77. The lowest BCUT2D eigenvalue weighted by Gasteiger charge is -2.45. The summed E-state index contributed by atoms with van der Waals surface area (Å²) < 4.78 is 0. The van der Waals surface area contributed by atoms with E-state index in [1.807, 2.05) is 0 Å². The molecule has 2 rings (SSSR count). The lowest BCUT2D eigenvalue weighted by atomic mass is 9.84. The maximum absolute atomic E-state index is 12.5. The van der Waals surface area contributed by atoms with Gasteiger partial charge in [0.1, 0.15) is 0 Å². The van der Waals surface area contributed by atoms with Crippen molar-refractivity contribution in [3.8, 4) is 0 Å². The van der Waals surface area contributed by atoms with Crippen LogP contribution in [0, 0.1) is 5.92 Å². The lowest BCUT2D eigenvalue weighted by Crippen LogP contribution is -2.57. The van der Waals surface area contributed by atoms with Crippen LogP contribution in [0.5, 0.6) is 0 Å². The second kappa shape index (κ2) is 6.05. The molecule has 1 aliphatic carbocycles. The van der Waals surface area contributed by atoms with Crippen LogP contribution in [0.1, 0.15) is 64.7 Å². The van der Waals surface area contributed by atoms with E-state index >= 15 is 0 Å². The number of carbonyl (C=O) groups excluding carboxylic acids is 1. The SMILES string of the molecule is CC1(CN)CCCCN1C(=O)CC1CCCCC1. The molecule has 1 saturated heterocycles. The maximum Gasteiger partial charge on any atom is 0.223 e. The predicted octanol–water partition coefficient (Wildman–Crippen LogP) is 2.69. The van der Waals surface area contributed by atoms with E-state index in [1.54, 1.807) is 0 Å². The molecular formula is C15H28N2O. The molecule has 0 aromatic heterocycles. The van der Waals surface area contributed by atoms with E-state index in [4.69, 9.17) is 5.73 Å². The van der Waals surface area contributed by atoms with Crippen LogP contribution in [0.4, 0.5) is 0 Å². The van der Waals surface area contributed by atoms with Crippen LogP contribution in [0.3, 0.4) is 0 Å². The Morgan fingerprint density at radius 2 is 1.94 bits per heavy atom. The lowest BCUT2D eigenvalue weighted by molar-refractivity contribution is -0.140. The Balaban J connectivity index is 1.93. The van der Waals surface area contributed by atoms with E-state index in [0.717, 1.165) is 25.8 Å². The molecule has 0 bridgehead atoms. The first-order chi connectivity index (χ1) is 8.65. The van der Waals surface area contributed by atoms with Crippen molar-refractivity contribution in [1.29, 1.82) is 0 Å². The summed E-state index contributed by atoms with van der Waals surface area (Å²) >= 11 is 0. The first-order valence-electron chi connectivity index (χ1n) is 7.66. The van der Waals surface area contributed by atoms with Crippen LogP contribution in [-0.4, -0.2) is 29.4 Å². The van der Waals surface area contributed by atoms with Gasteiger partial charge in [-0.3, -0.25) is 4.79 Å². The van der Waals surface area contributed by atoms with E-state index in [2.05, 4.69) is 11.8 Å². The predicted molar refractivity (Wildman–Crippen MR) is 74.2 cm³/mol. The van der Waals surface area contributed by atoms with E-state index < -0.39 is 0 Å². The average molecular weight is 252 g/mol. The van der Waals surface area contributed by atoms with Crippen molar-refractivity contribution >= 4 is 5.91 Å². The molecule has 0 spiro atoms. The number of nitrogens with zero attached hydrogens (tertiary/aromatic N) is 1. The zero-order valence-corrected chi connectivity index (χ0v) is 11.8. The molecule has 2 fully saturated rings. The Bertz CT molecular complexity index is 286. The van der Waals surface area contributed by atoms with Gasteiger partial charge in [-0.2, -0.15) is 0 Å². The summed E-state index contributed by atoms with van der Waals surface area (Å²) in [6.07, 6.45) is 10.7. The van der Waals surface area contributed by atoms with Gasteiger partial charge in [0.2, 0.25) is 5.91 Å². The molecular weight excluding hydrogens is 224 g/mol. The van der Waals surface area contributed by atoms with Gasteiger partial charge in [0.05, 0.1) is 5.54 Å². The van der Waals surface area contributed by atoms with Crippen LogP contribution in [0.2, 0.25) is 0 Å². The van der Waals surface area contributed by atoms with Gasteiger partial charge in [-0.25, -0.2) is 0 Å². The molecule has 18 heavy (non-hydrogen) atoms. The summed E-state index contributed by atoms with van der Waals surface area (Å²) in [5, 5.41) is 0. The zero-order chi connectivity index (χ0) is 13.0. The summed E-state index contributed by atoms with van der Waals surface area (Å²) in [6, 6.07) is 0. The fraction of sp³-hybridized carbons (Fsp3) is 0.933. The monoisotopic (exact) mass is 252 g/mol. The molecule has 104 valence electrons. The largest absolute Gasteiger partial charge is 0.336 e. The van der Waals surface area contributed by atoms with Crippen molar-refractivity contribution in [2.45, 2.75) is 70.3 Å². The van der Waals surface area contributed by atoms with Gasteiger partial charge in [0.25, 0.3) is 0 Å². The molecule has 2 N–H and O–H groups in total. The molecule has 0 aromatic rings. The molecule has 0 radical (unpaired) electrons. The van der Waals surface area contributed by atoms with Crippen LogP contribution in [0.15, 0.2) is 0 Å². The Kier molecular flexibility index (Phi) is 4.66. The highest BCUT2D eigenvalue weighted by Gasteiger charge is 2.36. The van der Waals surface area contributed by atoms with E-state index in [1.165, 1.54) is 38.5 Å². The quantitative estimate of drug-likeness (QED) is 0.839. The normalized spacial score (nSPS) is 30.4. The van der Waals surface area contributed by atoms with E-state index in [-0.39, 0.29) is 5.54 Å². The number of nitrogens with two attached hydrogens (primary N) is 1. The number of hydrogen-bond donors (Lipinski definition) is 1. The molecule has 1 amide bonds. The van der Waals surface area contributed by atoms with Crippen molar-refractivity contribution in [2.24, 2.45) is 11.7 Å². The summed E-state index contributed by atoms with van der Waals surface area (Å²) in [6.45, 7) is 3.67. The zero-order valence-electron chi connectivity index (χ0n) is 11.8. The van der Waals surface area contributed by atoms with Crippen LogP contribution in [-0.2, 0) is 4.79 Å². The number of likely N-dealkylation sites (tertiary alicyclic amines) is 1. The van der Waals surface area contributed by atoms with Gasteiger partial charge in [-0.1, -0.05) is 19.3 Å². The average Bonchev–Trinajstić information content (AvgIpc) is 2.40. The van der Waals surface area contributed by atoms with E-state index in [9.17, 15) is 4.79 Å². The third kappa shape index (κ3) is 3.05.